The fourth-order valence-electron chi connectivity index (χ4n) is 12.7. The number of nitrogens with two attached hydrogens (primary N) is 1. The van der Waals surface area contributed by atoms with Crippen molar-refractivity contribution in [3.8, 4) is 0 Å². The Balaban J connectivity index is 1.71. The topological polar surface area (TPSA) is 442 Å². The molecule has 2 aromatic rings. The van der Waals surface area contributed by atoms with Crippen LogP contribution < -0.4 is 69.5 Å². The number of allylic oxidation sites excluding steroid dienone is 1. The number of nitrogens with zero attached hydrogens (tertiary/aromatic N) is 1. The standard InChI is InChI=1S/C80H126N14O16/c1-20-46(15)35-36-58(96)85-59(41(5)6)73(102)92-66(49(18)95)77(106)87-61(43(9)10)74(103)88-62(44(11)12)79(108)94-40-53-33-28-27-32-52(53)39-57(94)71(100)83-55(34-29-37-81)69(98)90-64(47(16)21-2)76(105)93-67-50(19)110-80(109)63(45(13)14)89-68(97)54(23-4)82-70(99)56(38-51-30-25-24-26-31-51)84-72(101)60(42(7)8)86-75(104)65(48(17)22-3)91-78(67)107/h23-28,30-33,41-50,55-57,59-67,95H,20-22,29,34-40,81H2,1-19H3,(H,82,99)(H,83,100)(H,84,101)(H,85,96)(H,86,104)(H,87,106)(H,88,103)(H,89,97)(H,90,98)(H,91,107)(H,92,102)(H,93,105)/b54-23-/t46-,47-,48-,49+,50+,55-,56-,57+,59+,60+,61-,62+,63-,64+,65+,66-,67+/m0/s1. The number of ether oxygens (including phenoxy) is 1. The zero-order valence-electron chi connectivity index (χ0n) is 67.8. The van der Waals surface area contributed by atoms with Gasteiger partial charge in [-0.2, -0.15) is 0 Å². The van der Waals surface area contributed by atoms with E-state index in [4.69, 9.17) is 10.5 Å². The smallest absolute Gasteiger partial charge is 0.329 e. The summed E-state index contributed by atoms with van der Waals surface area (Å²) in [6, 6.07) is -0.978. The van der Waals surface area contributed by atoms with Crippen molar-refractivity contribution in [2.24, 2.45) is 53.1 Å². The molecule has 0 saturated carbocycles. The first-order chi connectivity index (χ1) is 51.7. The Kier molecular flexibility index (Phi) is 37.7. The maximum Gasteiger partial charge on any atom is 0.329 e. The van der Waals surface area contributed by atoms with Gasteiger partial charge < -0.3 is 84.3 Å². The number of amides is 13. The average Bonchev–Trinajstić information content (AvgIpc) is 0.803. The van der Waals surface area contributed by atoms with Crippen molar-refractivity contribution in [1.29, 1.82) is 0 Å². The fourth-order valence-corrected chi connectivity index (χ4v) is 12.7. The lowest BCUT2D eigenvalue weighted by Gasteiger charge is -2.39. The van der Waals surface area contributed by atoms with E-state index in [1.54, 1.807) is 152 Å². The number of hydrogen-bond acceptors (Lipinski definition) is 17. The molecule has 2 heterocycles. The number of cyclic esters (lactones) is 1. The molecule has 0 spiro atoms. The first-order valence-electron chi connectivity index (χ1n) is 39.1. The molecule has 1 saturated heterocycles. The van der Waals surface area contributed by atoms with Crippen molar-refractivity contribution < 1.29 is 77.0 Å². The quantitative estimate of drug-likeness (QED) is 0.0361. The van der Waals surface area contributed by atoms with Gasteiger partial charge in [-0.15, -0.1) is 0 Å². The first kappa shape index (κ1) is 93.1. The Bertz CT molecular complexity index is 3530. The molecule has 2 aliphatic rings. The summed E-state index contributed by atoms with van der Waals surface area (Å²) in [6.45, 7) is 31.5. The normalized spacial score (nSPS) is 22.2. The summed E-state index contributed by atoms with van der Waals surface area (Å²) < 4.78 is 5.99. The van der Waals surface area contributed by atoms with Gasteiger partial charge in [0.1, 0.15) is 84.3 Å². The number of esters is 1. The molecule has 1 fully saturated rings. The lowest BCUT2D eigenvalue weighted by molar-refractivity contribution is -0.157. The van der Waals surface area contributed by atoms with Crippen LogP contribution >= 0.6 is 0 Å². The summed E-state index contributed by atoms with van der Waals surface area (Å²) in [5.41, 5.74) is 7.80. The van der Waals surface area contributed by atoms with E-state index in [-0.39, 0.29) is 69.1 Å². The van der Waals surface area contributed by atoms with E-state index < -0.39 is 203 Å². The van der Waals surface area contributed by atoms with Gasteiger partial charge in [0.25, 0.3) is 5.91 Å². The number of fused-ring (bicyclic) bond motifs is 1. The summed E-state index contributed by atoms with van der Waals surface area (Å²) in [7, 11) is 0. The van der Waals surface area contributed by atoms with Crippen LogP contribution in [0.2, 0.25) is 0 Å². The number of rotatable bonds is 33. The number of aliphatic hydroxyl groups excluding tert-OH is 1. The van der Waals surface area contributed by atoms with Gasteiger partial charge in [-0.3, -0.25) is 62.3 Å². The van der Waals surface area contributed by atoms with E-state index in [0.717, 1.165) is 6.42 Å². The van der Waals surface area contributed by atoms with Crippen LogP contribution in [0.3, 0.4) is 0 Å². The second-order valence-electron chi connectivity index (χ2n) is 31.2. The Morgan fingerprint density at radius 3 is 1.66 bits per heavy atom. The average molecular weight is 1540 g/mol. The number of carbonyl (C=O) groups is 14. The molecule has 30 heteroatoms. The Hall–Kier alpha value is -9.32. The maximum absolute atomic E-state index is 15.3. The SMILES string of the molecule is C/C=C1\NC(=O)[C@H](Cc2ccccc2)NC(=O)[C@@H](C(C)C)NC(=O)[C@@H]([C@@H](C)CC)NC(=O)[C@H](NC(=O)[C@H](NC(=O)[C@H](CCCN)NC(=O)[C@H]2Cc3ccccc3CN2C(=O)[C@H](NC(=O)[C@@H](NC(=O)[C@@H](NC(=O)[C@H](NC(=O)CC[C@@H](C)CC)C(C)C)[C@@H](C)O)C(C)C)C(C)C)[C@@H](C)CC)[C@@H](C)OC(=O)[C@H](C(C)C)NC1=O. The molecule has 0 aliphatic carbocycles. The third kappa shape index (κ3) is 27.0. The number of carbonyl (C=O) groups excluding carboxylic acids is 14. The molecule has 13 amide bonds. The Labute approximate surface area is 648 Å². The Morgan fingerprint density at radius 2 is 1.12 bits per heavy atom. The lowest BCUT2D eigenvalue weighted by atomic mass is 9.91. The van der Waals surface area contributed by atoms with Gasteiger partial charge in [0, 0.05) is 25.8 Å². The highest BCUT2D eigenvalue weighted by atomic mass is 16.5. The van der Waals surface area contributed by atoms with E-state index in [1.165, 1.54) is 31.7 Å². The molecule has 30 nitrogen and oxygen atoms in total. The van der Waals surface area contributed by atoms with Gasteiger partial charge in [-0.1, -0.05) is 191 Å². The number of hydrogen-bond donors (Lipinski definition) is 14. The van der Waals surface area contributed by atoms with Crippen molar-refractivity contribution >= 4 is 82.8 Å². The predicted molar refractivity (Wildman–Crippen MR) is 415 cm³/mol. The van der Waals surface area contributed by atoms with Crippen molar-refractivity contribution in [2.45, 2.75) is 281 Å². The molecule has 2 aliphatic heterocycles. The van der Waals surface area contributed by atoms with E-state index in [9.17, 15) is 48.3 Å². The van der Waals surface area contributed by atoms with Crippen LogP contribution in [-0.4, -0.2) is 184 Å². The number of benzene rings is 2. The Morgan fingerprint density at radius 1 is 0.582 bits per heavy atom. The second-order valence-corrected chi connectivity index (χ2v) is 31.2. The zero-order chi connectivity index (χ0) is 82.7. The summed E-state index contributed by atoms with van der Waals surface area (Å²) in [5.74, 6) is -15.6. The van der Waals surface area contributed by atoms with E-state index in [0.29, 0.717) is 29.5 Å². The van der Waals surface area contributed by atoms with E-state index >= 15 is 24.0 Å². The molecule has 0 aromatic heterocycles. The second kappa shape index (κ2) is 44.5. The van der Waals surface area contributed by atoms with E-state index in [2.05, 4.69) is 63.8 Å². The highest BCUT2D eigenvalue weighted by molar-refractivity contribution is 6.03. The minimum Gasteiger partial charge on any atom is -0.458 e. The molecule has 0 unspecified atom stereocenters. The van der Waals surface area contributed by atoms with Gasteiger partial charge >= 0.3 is 5.97 Å². The predicted octanol–water partition coefficient (Wildman–Crippen LogP) is 2.80. The minimum absolute atomic E-state index is 0.0396. The summed E-state index contributed by atoms with van der Waals surface area (Å²) in [5, 5.41) is 43.5. The third-order valence-corrected chi connectivity index (χ3v) is 20.6. The van der Waals surface area contributed by atoms with Crippen LogP contribution in [0.15, 0.2) is 66.4 Å². The molecular weight excluding hydrogens is 1410 g/mol. The largest absolute Gasteiger partial charge is 0.458 e. The van der Waals surface area contributed by atoms with Crippen LogP contribution in [0.5, 0.6) is 0 Å². The van der Waals surface area contributed by atoms with Crippen molar-refractivity contribution in [3.05, 3.63) is 83.1 Å². The summed E-state index contributed by atoms with van der Waals surface area (Å²) >= 11 is 0. The van der Waals surface area contributed by atoms with Crippen molar-refractivity contribution in [1.82, 2.24) is 68.7 Å². The van der Waals surface area contributed by atoms with Gasteiger partial charge in [-0.25, -0.2) is 4.79 Å². The lowest BCUT2D eigenvalue weighted by Crippen LogP contribution is -2.64. The van der Waals surface area contributed by atoms with Gasteiger partial charge in [-0.05, 0) is 111 Å². The van der Waals surface area contributed by atoms with Crippen LogP contribution in [0.4, 0.5) is 0 Å². The third-order valence-electron chi connectivity index (χ3n) is 20.6. The van der Waals surface area contributed by atoms with Gasteiger partial charge in [0.15, 0.2) is 0 Å². The van der Waals surface area contributed by atoms with Crippen LogP contribution in [0, 0.1) is 47.3 Å². The van der Waals surface area contributed by atoms with Crippen LogP contribution in [0.25, 0.3) is 0 Å². The minimum atomic E-state index is -1.84. The molecule has 17 atom stereocenters. The highest BCUT2D eigenvalue weighted by Gasteiger charge is 2.45. The molecule has 4 rings (SSSR count). The van der Waals surface area contributed by atoms with Gasteiger partial charge in [0.05, 0.1) is 6.10 Å². The molecule has 15 N–H and O–H groups in total. The molecule has 612 valence electrons. The van der Waals surface area contributed by atoms with Crippen molar-refractivity contribution in [2.75, 3.05) is 6.54 Å². The maximum atomic E-state index is 15.3. The van der Waals surface area contributed by atoms with Crippen LogP contribution in [-0.2, 0) is 91.2 Å². The first-order valence-corrected chi connectivity index (χ1v) is 39.1. The summed E-state index contributed by atoms with van der Waals surface area (Å²) in [4.78, 5) is 205. The van der Waals surface area contributed by atoms with Crippen LogP contribution in [0.1, 0.15) is 193 Å². The monoisotopic (exact) mass is 1540 g/mol. The zero-order valence-corrected chi connectivity index (χ0v) is 67.8. The van der Waals surface area contributed by atoms with E-state index in [1.807, 2.05) is 13.8 Å². The molecule has 0 bridgehead atoms. The molecule has 110 heavy (non-hydrogen) atoms. The highest BCUT2D eigenvalue weighted by Crippen LogP contribution is 2.27. The summed E-state index contributed by atoms with van der Waals surface area (Å²) in [6.07, 6.45) is 0.410. The van der Waals surface area contributed by atoms with Crippen molar-refractivity contribution in [3.63, 3.8) is 0 Å². The molecule has 2 aromatic carbocycles. The molecular formula is C80H126N14O16. The fraction of sp³-hybridized carbons (Fsp3) is 0.650. The number of aliphatic hydroxyl groups is 1. The molecule has 0 radical (unpaired) electrons. The van der Waals surface area contributed by atoms with Gasteiger partial charge in [0.2, 0.25) is 70.9 Å². The number of nitrogens with one attached hydrogen (secondary N) is 12.